The first-order valence-corrected chi connectivity index (χ1v) is 9.12. The molecule has 1 fully saturated rings. The van der Waals surface area contributed by atoms with E-state index in [1.165, 1.54) is 0 Å². The zero-order valence-electron chi connectivity index (χ0n) is 11.1. The molecule has 0 amide bonds. The number of hydrogen-bond acceptors (Lipinski definition) is 5. The largest absolute Gasteiger partial charge is 0.308 e. The fourth-order valence-corrected chi connectivity index (χ4v) is 4.34. The molecule has 0 atom stereocenters. The van der Waals surface area contributed by atoms with Gasteiger partial charge in [-0.05, 0) is 25.0 Å². The van der Waals surface area contributed by atoms with Gasteiger partial charge in [0.1, 0.15) is 5.01 Å². The Labute approximate surface area is 125 Å². The van der Waals surface area contributed by atoms with Crippen LogP contribution in [0.5, 0.6) is 0 Å². The molecule has 0 aromatic carbocycles. The second-order valence-electron chi connectivity index (χ2n) is 4.86. The summed E-state index contributed by atoms with van der Waals surface area (Å²) in [5.41, 5.74) is 1.99. The molecule has 3 rings (SSSR count). The molecule has 0 radical (unpaired) electrons. The number of thiazole rings is 1. The minimum absolute atomic E-state index is 0.479. The first-order valence-electron chi connectivity index (χ1n) is 6.75. The molecule has 0 saturated carbocycles. The number of aromatic nitrogens is 2. The van der Waals surface area contributed by atoms with Crippen LogP contribution in [0.25, 0.3) is 10.7 Å². The van der Waals surface area contributed by atoms with Crippen molar-refractivity contribution < 1.29 is 4.21 Å². The molecule has 3 heterocycles. The summed E-state index contributed by atoms with van der Waals surface area (Å²) in [6.07, 6.45) is 3.80. The van der Waals surface area contributed by atoms with E-state index in [9.17, 15) is 4.21 Å². The lowest BCUT2D eigenvalue weighted by Crippen LogP contribution is -2.35. The van der Waals surface area contributed by atoms with E-state index >= 15 is 0 Å². The molecule has 0 unspecified atom stereocenters. The number of hydrogen-bond donors (Lipinski definition) is 1. The van der Waals surface area contributed by atoms with Crippen molar-refractivity contribution in [3.05, 3.63) is 35.5 Å². The summed E-state index contributed by atoms with van der Waals surface area (Å²) in [7, 11) is -0.592. The van der Waals surface area contributed by atoms with Crippen LogP contribution in [-0.4, -0.2) is 31.7 Å². The van der Waals surface area contributed by atoms with Crippen LogP contribution in [0.1, 0.15) is 18.5 Å². The van der Waals surface area contributed by atoms with Gasteiger partial charge in [-0.1, -0.05) is 6.07 Å². The average Bonchev–Trinajstić information content (AvgIpc) is 2.97. The van der Waals surface area contributed by atoms with Gasteiger partial charge >= 0.3 is 0 Å². The van der Waals surface area contributed by atoms with Gasteiger partial charge in [0.05, 0.1) is 11.4 Å². The van der Waals surface area contributed by atoms with Crippen LogP contribution in [-0.2, 0) is 17.3 Å². The van der Waals surface area contributed by atoms with Crippen molar-refractivity contribution in [3.63, 3.8) is 0 Å². The van der Waals surface area contributed by atoms with Gasteiger partial charge in [-0.3, -0.25) is 9.19 Å². The smallest absolute Gasteiger partial charge is 0.142 e. The number of rotatable bonds is 4. The zero-order chi connectivity index (χ0) is 13.8. The fourth-order valence-electron chi connectivity index (χ4n) is 2.24. The van der Waals surface area contributed by atoms with Gasteiger partial charge in [-0.15, -0.1) is 11.3 Å². The zero-order valence-corrected chi connectivity index (χ0v) is 12.8. The maximum absolute atomic E-state index is 11.3. The topological polar surface area (TPSA) is 54.9 Å². The molecule has 106 valence electrons. The molecule has 4 nitrogen and oxygen atoms in total. The first kappa shape index (κ1) is 13.9. The summed E-state index contributed by atoms with van der Waals surface area (Å²) in [6, 6.07) is 6.34. The molecule has 0 bridgehead atoms. The summed E-state index contributed by atoms with van der Waals surface area (Å²) >= 11 is 1.63. The van der Waals surface area contributed by atoms with Gasteiger partial charge in [0.2, 0.25) is 0 Å². The predicted octanol–water partition coefficient (Wildman–Crippen LogP) is 2.21. The van der Waals surface area contributed by atoms with Crippen LogP contribution in [0, 0.1) is 0 Å². The Morgan fingerprint density at radius 2 is 2.20 bits per heavy atom. The number of pyridine rings is 1. The molecular formula is C14H17N3OS2. The fraction of sp³-hybridized carbons (Fsp3) is 0.429. The molecule has 6 heteroatoms. The SMILES string of the molecule is O=S1CCC(NCc2csc(-c3ccccn3)n2)CC1. The third kappa shape index (κ3) is 3.50. The maximum Gasteiger partial charge on any atom is 0.142 e. The highest BCUT2D eigenvalue weighted by molar-refractivity contribution is 7.85. The molecule has 1 aliphatic rings. The third-order valence-corrected chi connectivity index (χ3v) is 5.69. The Hall–Kier alpha value is -1.11. The Balaban J connectivity index is 1.57. The summed E-state index contributed by atoms with van der Waals surface area (Å²) in [5.74, 6) is 1.65. The molecule has 2 aromatic heterocycles. The van der Waals surface area contributed by atoms with Crippen molar-refractivity contribution in [1.29, 1.82) is 0 Å². The molecule has 20 heavy (non-hydrogen) atoms. The molecule has 1 saturated heterocycles. The van der Waals surface area contributed by atoms with Gasteiger partial charge in [0, 0.05) is 46.5 Å². The molecule has 1 N–H and O–H groups in total. The Morgan fingerprint density at radius 1 is 1.35 bits per heavy atom. The normalized spacial score (nSPS) is 22.8. The number of nitrogens with zero attached hydrogens (tertiary/aromatic N) is 2. The lowest BCUT2D eigenvalue weighted by atomic mass is 10.1. The van der Waals surface area contributed by atoms with Gasteiger partial charge in [-0.25, -0.2) is 4.98 Å². The summed E-state index contributed by atoms with van der Waals surface area (Å²) in [6.45, 7) is 0.778. The molecule has 0 aliphatic carbocycles. The van der Waals surface area contributed by atoms with E-state index in [1.807, 2.05) is 18.2 Å². The van der Waals surface area contributed by atoms with Crippen LogP contribution < -0.4 is 5.32 Å². The maximum atomic E-state index is 11.3. The van der Waals surface area contributed by atoms with Crippen LogP contribution in [0.15, 0.2) is 29.8 Å². The molecule has 2 aromatic rings. The van der Waals surface area contributed by atoms with E-state index in [0.29, 0.717) is 6.04 Å². The minimum atomic E-state index is -0.592. The van der Waals surface area contributed by atoms with Gasteiger partial charge < -0.3 is 5.32 Å². The lowest BCUT2D eigenvalue weighted by Gasteiger charge is -2.22. The van der Waals surface area contributed by atoms with Crippen molar-refractivity contribution in [1.82, 2.24) is 15.3 Å². The van der Waals surface area contributed by atoms with Crippen LogP contribution in [0.4, 0.5) is 0 Å². The highest BCUT2D eigenvalue weighted by Crippen LogP contribution is 2.21. The highest BCUT2D eigenvalue weighted by atomic mass is 32.2. The van der Waals surface area contributed by atoms with E-state index in [0.717, 1.165) is 47.3 Å². The summed E-state index contributed by atoms with van der Waals surface area (Å²) < 4.78 is 11.3. The lowest BCUT2D eigenvalue weighted by molar-refractivity contribution is 0.472. The van der Waals surface area contributed by atoms with E-state index in [1.54, 1.807) is 17.5 Å². The standard InChI is InChI=1S/C14H17N3OS2/c18-20-7-4-11(5-8-20)16-9-12-10-19-14(17-12)13-3-1-2-6-15-13/h1-3,6,10-11,16H,4-5,7-9H2. The molecule has 1 aliphatic heterocycles. The molecular weight excluding hydrogens is 290 g/mol. The van der Waals surface area contributed by atoms with E-state index in [2.05, 4.69) is 20.7 Å². The summed E-state index contributed by atoms with van der Waals surface area (Å²) in [5, 5.41) is 6.56. The van der Waals surface area contributed by atoms with Gasteiger partial charge in [-0.2, -0.15) is 0 Å². The third-order valence-electron chi connectivity index (χ3n) is 3.40. The van der Waals surface area contributed by atoms with Crippen LogP contribution in [0.2, 0.25) is 0 Å². The van der Waals surface area contributed by atoms with Crippen molar-refractivity contribution in [2.45, 2.75) is 25.4 Å². The van der Waals surface area contributed by atoms with E-state index in [4.69, 9.17) is 0 Å². The number of nitrogens with one attached hydrogen (secondary N) is 1. The highest BCUT2D eigenvalue weighted by Gasteiger charge is 2.17. The Morgan fingerprint density at radius 3 is 2.95 bits per heavy atom. The summed E-state index contributed by atoms with van der Waals surface area (Å²) in [4.78, 5) is 8.93. The van der Waals surface area contributed by atoms with Crippen molar-refractivity contribution in [2.24, 2.45) is 0 Å². The van der Waals surface area contributed by atoms with Crippen molar-refractivity contribution in [2.75, 3.05) is 11.5 Å². The Kier molecular flexibility index (Phi) is 4.54. The van der Waals surface area contributed by atoms with E-state index < -0.39 is 10.8 Å². The van der Waals surface area contributed by atoms with Gasteiger partial charge in [0.15, 0.2) is 0 Å². The van der Waals surface area contributed by atoms with Gasteiger partial charge in [0.25, 0.3) is 0 Å². The van der Waals surface area contributed by atoms with Crippen molar-refractivity contribution in [3.8, 4) is 10.7 Å². The van der Waals surface area contributed by atoms with E-state index in [-0.39, 0.29) is 0 Å². The second-order valence-corrected chi connectivity index (χ2v) is 7.42. The predicted molar refractivity (Wildman–Crippen MR) is 83.1 cm³/mol. The minimum Gasteiger partial charge on any atom is -0.308 e. The monoisotopic (exact) mass is 307 g/mol. The first-order chi connectivity index (χ1) is 9.81. The average molecular weight is 307 g/mol. The Bertz CT molecular complexity index is 575. The van der Waals surface area contributed by atoms with Crippen molar-refractivity contribution >= 4 is 22.1 Å². The quantitative estimate of drug-likeness (QED) is 0.941. The van der Waals surface area contributed by atoms with Crippen LogP contribution >= 0.6 is 11.3 Å². The molecule has 0 spiro atoms. The second kappa shape index (κ2) is 6.56. The van der Waals surface area contributed by atoms with Crippen LogP contribution in [0.3, 0.4) is 0 Å².